The second-order valence-corrected chi connectivity index (χ2v) is 10.2. The molecule has 0 aliphatic heterocycles. The summed E-state index contributed by atoms with van der Waals surface area (Å²) in [7, 11) is -2.56. The summed E-state index contributed by atoms with van der Waals surface area (Å²) in [5.41, 5.74) is 2.36. The first-order valence-electron chi connectivity index (χ1n) is 10.2. The fourth-order valence-electron chi connectivity index (χ4n) is 3.17. The maximum atomic E-state index is 14.0. The van der Waals surface area contributed by atoms with Crippen LogP contribution in [0, 0.1) is 11.6 Å². The van der Waals surface area contributed by atoms with Crippen molar-refractivity contribution in [1.82, 2.24) is 15.0 Å². The Morgan fingerprint density at radius 1 is 1.11 bits per heavy atom. The summed E-state index contributed by atoms with van der Waals surface area (Å²) in [6.07, 6.45) is 2.75. The number of hydrogen-bond donors (Lipinski definition) is 2. The number of nitrogens with one attached hydrogen (secondary N) is 1. The van der Waals surface area contributed by atoms with E-state index in [0.717, 1.165) is 0 Å². The number of aromatic nitrogens is 3. The molecule has 0 bridgehead atoms. The number of rotatable bonds is 7. The Hall–Kier alpha value is -3.60. The molecule has 1 atom stereocenters. The van der Waals surface area contributed by atoms with Crippen LogP contribution in [0.3, 0.4) is 0 Å². The van der Waals surface area contributed by atoms with Crippen LogP contribution in [0.2, 0.25) is 5.02 Å². The van der Waals surface area contributed by atoms with E-state index < -0.39 is 21.3 Å². The molecule has 7 nitrogen and oxygen atoms in total. The van der Waals surface area contributed by atoms with E-state index in [9.17, 15) is 13.0 Å². The van der Waals surface area contributed by atoms with E-state index in [2.05, 4.69) is 20.3 Å². The van der Waals surface area contributed by atoms with Crippen molar-refractivity contribution >= 4 is 38.3 Å². The second kappa shape index (κ2) is 10.3. The molecular weight excluding hydrogens is 496 g/mol. The molecule has 0 aliphatic carbocycles. The zero-order chi connectivity index (χ0) is 25.0. The standard InChI is InChI=1S/C24H20ClF2N5O2S/c1-35(28,33)13-16-3-2-4-18(9-16)31-24-30-14-29-23(32-24)19-7-6-17(26)11-22(19)34-12-15-5-8-21(27)20(25)10-15/h2-11,13-14H,12H2,1H3,(H2,28,33)(H,29,30,31,32). The molecule has 1 heterocycles. The molecule has 0 fully saturated rings. The third kappa shape index (κ3) is 6.72. The molecule has 0 saturated carbocycles. The van der Waals surface area contributed by atoms with Gasteiger partial charge in [0.15, 0.2) is 5.82 Å². The van der Waals surface area contributed by atoms with Crippen molar-refractivity contribution in [2.75, 3.05) is 11.6 Å². The third-order valence-electron chi connectivity index (χ3n) is 4.65. The van der Waals surface area contributed by atoms with Crippen molar-refractivity contribution in [2.45, 2.75) is 6.61 Å². The summed E-state index contributed by atoms with van der Waals surface area (Å²) < 4.78 is 45.1. The van der Waals surface area contributed by atoms with Crippen molar-refractivity contribution in [3.63, 3.8) is 0 Å². The lowest BCUT2D eigenvalue weighted by Gasteiger charge is -2.12. The van der Waals surface area contributed by atoms with Crippen molar-refractivity contribution in [2.24, 2.45) is 5.14 Å². The first-order chi connectivity index (χ1) is 16.7. The number of benzene rings is 3. The van der Waals surface area contributed by atoms with Gasteiger partial charge >= 0.3 is 0 Å². The molecular formula is C24H20ClF2N5O2S. The molecule has 180 valence electrons. The van der Waals surface area contributed by atoms with Crippen LogP contribution in [-0.4, -0.2) is 30.8 Å². The van der Waals surface area contributed by atoms with Gasteiger partial charge in [-0.15, -0.1) is 0 Å². The smallest absolute Gasteiger partial charge is 0.230 e. The zero-order valence-corrected chi connectivity index (χ0v) is 20.0. The molecule has 0 spiro atoms. The molecule has 0 aliphatic rings. The summed E-state index contributed by atoms with van der Waals surface area (Å²) in [4.78, 5) is 12.7. The van der Waals surface area contributed by atoms with Gasteiger partial charge in [-0.3, -0.25) is 9.35 Å². The molecule has 1 aromatic heterocycles. The van der Waals surface area contributed by atoms with Gasteiger partial charge in [-0.25, -0.2) is 18.7 Å². The van der Waals surface area contributed by atoms with Crippen molar-refractivity contribution in [3.8, 4) is 17.1 Å². The van der Waals surface area contributed by atoms with E-state index in [1.54, 1.807) is 24.3 Å². The van der Waals surface area contributed by atoms with Crippen LogP contribution < -0.4 is 15.2 Å². The van der Waals surface area contributed by atoms with Gasteiger partial charge in [-0.1, -0.05) is 29.8 Å². The van der Waals surface area contributed by atoms with Gasteiger partial charge in [0, 0.05) is 33.1 Å². The highest BCUT2D eigenvalue weighted by atomic mass is 35.5. The Morgan fingerprint density at radius 3 is 2.71 bits per heavy atom. The van der Waals surface area contributed by atoms with E-state index in [1.807, 2.05) is 0 Å². The highest BCUT2D eigenvalue weighted by molar-refractivity contribution is 7.98. The minimum Gasteiger partial charge on any atom is -0.488 e. The maximum Gasteiger partial charge on any atom is 0.230 e. The summed E-state index contributed by atoms with van der Waals surface area (Å²) in [6, 6.07) is 15.3. The van der Waals surface area contributed by atoms with Crippen LogP contribution >= 0.6 is 11.6 Å². The highest BCUT2D eigenvalue weighted by Crippen LogP contribution is 2.30. The van der Waals surface area contributed by atoms with E-state index in [4.69, 9.17) is 21.5 Å². The molecule has 11 heteroatoms. The number of ether oxygens (including phenoxy) is 1. The Balaban J connectivity index is 1.59. The Bertz CT molecular complexity index is 1500. The van der Waals surface area contributed by atoms with Gasteiger partial charge < -0.3 is 10.1 Å². The third-order valence-corrected chi connectivity index (χ3v) is 5.68. The predicted octanol–water partition coefficient (Wildman–Crippen LogP) is 4.73. The van der Waals surface area contributed by atoms with Crippen LogP contribution in [0.15, 0.2) is 67.0 Å². The first kappa shape index (κ1) is 24.5. The molecule has 3 aromatic carbocycles. The van der Waals surface area contributed by atoms with Crippen molar-refractivity contribution < 1.29 is 17.7 Å². The fraction of sp³-hybridized carbons (Fsp3) is 0.0833. The van der Waals surface area contributed by atoms with Crippen LogP contribution in [0.1, 0.15) is 11.1 Å². The normalized spacial score (nSPS) is 12.6. The lowest BCUT2D eigenvalue weighted by molar-refractivity contribution is 0.305. The van der Waals surface area contributed by atoms with Gasteiger partial charge in [0.1, 0.15) is 30.3 Å². The van der Waals surface area contributed by atoms with E-state index in [1.165, 1.54) is 54.3 Å². The summed E-state index contributed by atoms with van der Waals surface area (Å²) >= 11 is 5.83. The van der Waals surface area contributed by atoms with Gasteiger partial charge in [-0.2, -0.15) is 4.98 Å². The highest BCUT2D eigenvalue weighted by Gasteiger charge is 2.13. The largest absolute Gasteiger partial charge is 0.488 e. The minimum atomic E-state index is -2.56. The molecule has 35 heavy (non-hydrogen) atoms. The summed E-state index contributed by atoms with van der Waals surface area (Å²) in [6.45, 7) is 0.0255. The number of halogens is 3. The van der Waals surface area contributed by atoms with Gasteiger partial charge in [-0.05, 0) is 47.5 Å². The number of anilines is 2. The van der Waals surface area contributed by atoms with Gasteiger partial charge in [0.2, 0.25) is 5.95 Å². The van der Waals surface area contributed by atoms with Crippen LogP contribution in [0.25, 0.3) is 11.4 Å². The Morgan fingerprint density at radius 2 is 1.94 bits per heavy atom. The zero-order valence-electron chi connectivity index (χ0n) is 18.4. The fourth-order valence-corrected chi connectivity index (χ4v) is 4.06. The quantitative estimate of drug-likeness (QED) is 0.345. The Labute approximate surface area is 206 Å². The molecule has 0 saturated heterocycles. The maximum absolute atomic E-state index is 14.0. The van der Waals surface area contributed by atoms with Crippen molar-refractivity contribution in [3.05, 3.63) is 94.8 Å². The molecule has 0 amide bonds. The topological polar surface area (TPSA) is 103 Å². The lowest BCUT2D eigenvalue weighted by Crippen LogP contribution is -2.13. The second-order valence-electron chi connectivity index (χ2n) is 7.65. The van der Waals surface area contributed by atoms with Gasteiger partial charge in [0.25, 0.3) is 0 Å². The van der Waals surface area contributed by atoms with E-state index >= 15 is 0 Å². The first-order valence-corrected chi connectivity index (χ1v) is 12.7. The molecule has 3 N–H and O–H groups in total. The average molecular weight is 516 g/mol. The summed E-state index contributed by atoms with van der Waals surface area (Å²) in [5.74, 6) is -0.371. The van der Waals surface area contributed by atoms with E-state index in [0.29, 0.717) is 22.4 Å². The monoisotopic (exact) mass is 515 g/mol. The van der Waals surface area contributed by atoms with Gasteiger partial charge in [0.05, 0.1) is 10.6 Å². The Kier molecular flexibility index (Phi) is 7.25. The van der Waals surface area contributed by atoms with Crippen LogP contribution in [-0.2, 0) is 16.3 Å². The SMILES string of the molecule is CS(N)(=O)=Cc1cccc(Nc2ncnc(-c3ccc(F)cc3OCc3ccc(F)c(Cl)c3)n2)c1. The minimum absolute atomic E-state index is 0.0255. The van der Waals surface area contributed by atoms with Crippen LogP contribution in [0.5, 0.6) is 5.75 Å². The number of hydrogen-bond acceptors (Lipinski definition) is 6. The molecule has 4 rings (SSSR count). The number of nitrogens with zero attached hydrogens (tertiary/aromatic N) is 3. The predicted molar refractivity (Wildman–Crippen MR) is 134 cm³/mol. The van der Waals surface area contributed by atoms with E-state index in [-0.39, 0.29) is 29.2 Å². The lowest BCUT2D eigenvalue weighted by atomic mass is 10.1. The number of nitrogens with two attached hydrogens (primary N) is 1. The molecule has 0 radical (unpaired) electrons. The van der Waals surface area contributed by atoms with Crippen LogP contribution in [0.4, 0.5) is 20.4 Å². The van der Waals surface area contributed by atoms with Crippen molar-refractivity contribution in [1.29, 1.82) is 0 Å². The summed E-state index contributed by atoms with van der Waals surface area (Å²) in [5, 5.41) is 10.1. The molecule has 1 unspecified atom stereocenters. The molecule has 4 aromatic rings. The average Bonchev–Trinajstić information content (AvgIpc) is 2.79.